The lowest BCUT2D eigenvalue weighted by Gasteiger charge is -2.08. The maximum atomic E-state index is 11.9. The van der Waals surface area contributed by atoms with Gasteiger partial charge in [0.1, 0.15) is 17.9 Å². The van der Waals surface area contributed by atoms with Crippen LogP contribution in [0, 0.1) is 0 Å². The van der Waals surface area contributed by atoms with Crippen molar-refractivity contribution in [3.63, 3.8) is 0 Å². The highest BCUT2D eigenvalue weighted by Gasteiger charge is 2.13. The topological polar surface area (TPSA) is 94.8 Å². The zero-order valence-corrected chi connectivity index (χ0v) is 16.5. The molecule has 8 nitrogen and oxygen atoms in total. The van der Waals surface area contributed by atoms with Crippen LogP contribution >= 0.6 is 46.3 Å². The molecule has 3 rings (SSSR count). The number of aromatic nitrogens is 5. The van der Waals surface area contributed by atoms with Crippen molar-refractivity contribution in [3.05, 3.63) is 39.6 Å². The summed E-state index contributed by atoms with van der Waals surface area (Å²) in [5, 5.41) is 20.2. The number of amides is 1. The minimum absolute atomic E-state index is 0.168. The van der Waals surface area contributed by atoms with E-state index in [1.165, 1.54) is 23.1 Å². The standard InChI is InChI=1S/C14H12Cl2N6O2S2/c1-22-11(5-24-10-4-8(15)2-3-9(10)16)19-21-14(22)25-6-12(23)18-13-20-17-7-26-13/h2-4,7H,5-6H2,1H3,(H,18,20,23). The van der Waals surface area contributed by atoms with Gasteiger partial charge in [-0.3, -0.25) is 10.1 Å². The summed E-state index contributed by atoms with van der Waals surface area (Å²) >= 11 is 14.5. The number of carbonyl (C=O) groups is 1. The normalized spacial score (nSPS) is 10.7. The Morgan fingerprint density at radius 1 is 1.35 bits per heavy atom. The van der Waals surface area contributed by atoms with Gasteiger partial charge in [-0.2, -0.15) is 0 Å². The van der Waals surface area contributed by atoms with E-state index in [0.717, 1.165) is 0 Å². The van der Waals surface area contributed by atoms with Crippen molar-refractivity contribution >= 4 is 57.3 Å². The highest BCUT2D eigenvalue weighted by molar-refractivity contribution is 7.99. The molecule has 0 atom stereocenters. The number of benzene rings is 1. The summed E-state index contributed by atoms with van der Waals surface area (Å²) in [4.78, 5) is 11.9. The number of carbonyl (C=O) groups excluding carboxylic acids is 1. The molecule has 0 radical (unpaired) electrons. The van der Waals surface area contributed by atoms with E-state index >= 15 is 0 Å². The summed E-state index contributed by atoms with van der Waals surface area (Å²) in [6.07, 6.45) is 0. The molecule has 1 N–H and O–H groups in total. The quantitative estimate of drug-likeness (QED) is 0.574. The monoisotopic (exact) mass is 430 g/mol. The van der Waals surface area contributed by atoms with Crippen molar-refractivity contribution in [2.75, 3.05) is 11.1 Å². The van der Waals surface area contributed by atoms with Gasteiger partial charge in [0.2, 0.25) is 11.0 Å². The van der Waals surface area contributed by atoms with Gasteiger partial charge in [0.15, 0.2) is 11.0 Å². The van der Waals surface area contributed by atoms with Gasteiger partial charge in [0, 0.05) is 18.1 Å². The average molecular weight is 431 g/mol. The molecule has 0 bridgehead atoms. The number of nitrogens with zero attached hydrogens (tertiary/aromatic N) is 5. The van der Waals surface area contributed by atoms with Crippen LogP contribution in [0.15, 0.2) is 28.9 Å². The summed E-state index contributed by atoms with van der Waals surface area (Å²) in [5.74, 6) is 1.03. The Kier molecular flexibility index (Phi) is 6.30. The van der Waals surface area contributed by atoms with Gasteiger partial charge < -0.3 is 9.30 Å². The largest absolute Gasteiger partial charge is 0.484 e. The molecule has 0 aliphatic rings. The molecule has 0 saturated heterocycles. The Labute approximate surface area is 166 Å². The third kappa shape index (κ3) is 4.85. The van der Waals surface area contributed by atoms with E-state index in [1.807, 2.05) is 0 Å². The number of nitrogens with one attached hydrogen (secondary N) is 1. The van der Waals surface area contributed by atoms with Crippen LogP contribution in [0.3, 0.4) is 0 Å². The second-order valence-corrected chi connectivity index (χ2v) is 7.52. The molecule has 2 aromatic heterocycles. The van der Waals surface area contributed by atoms with Crippen LogP contribution in [-0.2, 0) is 18.4 Å². The molecule has 136 valence electrons. The molecule has 0 aliphatic heterocycles. The Morgan fingerprint density at radius 3 is 2.96 bits per heavy atom. The van der Waals surface area contributed by atoms with E-state index in [-0.39, 0.29) is 18.3 Å². The average Bonchev–Trinajstić information content (AvgIpc) is 3.24. The van der Waals surface area contributed by atoms with Gasteiger partial charge in [-0.1, -0.05) is 46.3 Å². The zero-order valence-electron chi connectivity index (χ0n) is 13.3. The third-order valence-electron chi connectivity index (χ3n) is 3.11. The van der Waals surface area contributed by atoms with Crippen LogP contribution in [0.5, 0.6) is 5.75 Å². The van der Waals surface area contributed by atoms with E-state index < -0.39 is 0 Å². The van der Waals surface area contributed by atoms with E-state index in [2.05, 4.69) is 25.7 Å². The molecule has 1 aromatic carbocycles. The molecule has 0 fully saturated rings. The minimum atomic E-state index is -0.196. The van der Waals surface area contributed by atoms with Crippen molar-refractivity contribution in [2.45, 2.75) is 11.8 Å². The summed E-state index contributed by atoms with van der Waals surface area (Å²) in [6, 6.07) is 4.97. The third-order valence-corrected chi connectivity index (χ3v) is 5.29. The molecule has 2 heterocycles. The second kappa shape index (κ2) is 8.67. The van der Waals surface area contributed by atoms with Gasteiger partial charge >= 0.3 is 0 Å². The van der Waals surface area contributed by atoms with Crippen LogP contribution < -0.4 is 10.1 Å². The fourth-order valence-corrected chi connectivity index (χ4v) is 3.36. The first-order valence-corrected chi connectivity index (χ1v) is 9.80. The van der Waals surface area contributed by atoms with Crippen molar-refractivity contribution in [2.24, 2.45) is 7.05 Å². The second-order valence-electron chi connectivity index (χ2n) is 4.90. The number of hydrogen-bond acceptors (Lipinski definition) is 8. The van der Waals surface area contributed by atoms with Crippen LogP contribution in [0.4, 0.5) is 5.13 Å². The number of rotatable bonds is 7. The fourth-order valence-electron chi connectivity index (χ4n) is 1.84. The summed E-state index contributed by atoms with van der Waals surface area (Å²) in [7, 11) is 1.79. The summed E-state index contributed by atoms with van der Waals surface area (Å²) in [6.45, 7) is 0.168. The first kappa shape index (κ1) is 18.9. The predicted octanol–water partition coefficient (Wildman–Crippen LogP) is 3.28. The van der Waals surface area contributed by atoms with Crippen molar-refractivity contribution in [3.8, 4) is 5.75 Å². The molecule has 12 heteroatoms. The Hall–Kier alpha value is -1.88. The summed E-state index contributed by atoms with van der Waals surface area (Å²) < 4.78 is 7.40. The molecule has 26 heavy (non-hydrogen) atoms. The predicted molar refractivity (Wildman–Crippen MR) is 101 cm³/mol. The first-order chi connectivity index (χ1) is 12.5. The molecule has 0 spiro atoms. The fraction of sp³-hybridized carbons (Fsp3) is 0.214. The van der Waals surface area contributed by atoms with E-state index in [4.69, 9.17) is 27.9 Å². The van der Waals surface area contributed by atoms with Crippen LogP contribution in [-0.4, -0.2) is 36.6 Å². The molecule has 1 amide bonds. The van der Waals surface area contributed by atoms with Gasteiger partial charge in [-0.25, -0.2) is 0 Å². The number of halogens is 2. The summed E-state index contributed by atoms with van der Waals surface area (Å²) in [5.41, 5.74) is 1.55. The smallest absolute Gasteiger partial charge is 0.236 e. The van der Waals surface area contributed by atoms with E-state index in [9.17, 15) is 4.79 Å². The van der Waals surface area contributed by atoms with Gasteiger partial charge in [0.25, 0.3) is 0 Å². The van der Waals surface area contributed by atoms with Crippen molar-refractivity contribution < 1.29 is 9.53 Å². The lowest BCUT2D eigenvalue weighted by atomic mass is 10.3. The zero-order chi connectivity index (χ0) is 18.5. The minimum Gasteiger partial charge on any atom is -0.484 e. The molecule has 0 aliphatic carbocycles. The number of ether oxygens (including phenoxy) is 1. The Bertz CT molecular complexity index is 903. The van der Waals surface area contributed by atoms with Gasteiger partial charge in [-0.05, 0) is 12.1 Å². The molecular formula is C14H12Cl2N6O2S2. The SMILES string of the molecule is Cn1c(COc2cc(Cl)ccc2Cl)nnc1SCC(=O)Nc1nncs1. The van der Waals surface area contributed by atoms with Crippen LogP contribution in [0.2, 0.25) is 10.0 Å². The number of anilines is 1. The number of thioether (sulfide) groups is 1. The Balaban J connectivity index is 1.55. The molecule has 3 aromatic rings. The van der Waals surface area contributed by atoms with Crippen molar-refractivity contribution in [1.29, 1.82) is 0 Å². The molecule has 0 unspecified atom stereocenters. The molecule has 0 saturated carbocycles. The molecular weight excluding hydrogens is 419 g/mol. The van der Waals surface area contributed by atoms with Crippen molar-refractivity contribution in [1.82, 2.24) is 25.0 Å². The van der Waals surface area contributed by atoms with Gasteiger partial charge in [-0.15, -0.1) is 20.4 Å². The maximum absolute atomic E-state index is 11.9. The van der Waals surface area contributed by atoms with E-state index in [1.54, 1.807) is 35.3 Å². The lowest BCUT2D eigenvalue weighted by Crippen LogP contribution is -2.14. The van der Waals surface area contributed by atoms with Crippen LogP contribution in [0.25, 0.3) is 0 Å². The Morgan fingerprint density at radius 2 is 2.19 bits per heavy atom. The van der Waals surface area contributed by atoms with E-state index in [0.29, 0.717) is 31.9 Å². The first-order valence-electron chi connectivity index (χ1n) is 7.18. The van der Waals surface area contributed by atoms with Gasteiger partial charge in [0.05, 0.1) is 10.8 Å². The number of hydrogen-bond donors (Lipinski definition) is 1. The highest BCUT2D eigenvalue weighted by atomic mass is 35.5. The lowest BCUT2D eigenvalue weighted by molar-refractivity contribution is -0.113. The highest BCUT2D eigenvalue weighted by Crippen LogP contribution is 2.28. The van der Waals surface area contributed by atoms with Crippen LogP contribution in [0.1, 0.15) is 5.82 Å². The maximum Gasteiger partial charge on any atom is 0.236 e.